The highest BCUT2D eigenvalue weighted by atomic mass is 32.1. The molecule has 5 nitrogen and oxygen atoms in total. The van der Waals surface area contributed by atoms with E-state index in [-0.39, 0.29) is 5.56 Å². The summed E-state index contributed by atoms with van der Waals surface area (Å²) < 4.78 is 7.58. The first-order valence-electron chi connectivity index (χ1n) is 6.20. The first kappa shape index (κ1) is 10.9. The second-order valence-corrected chi connectivity index (χ2v) is 5.69. The first-order valence-corrected chi connectivity index (χ1v) is 7.08. The normalized spacial score (nSPS) is 15.2. The molecule has 0 N–H and O–H groups in total. The molecule has 6 heteroatoms. The number of nitrogens with zero attached hydrogens (tertiary/aromatic N) is 3. The number of hydrogen-bond acceptors (Lipinski definition) is 5. The fourth-order valence-corrected chi connectivity index (χ4v) is 2.94. The van der Waals surface area contributed by atoms with Crippen LogP contribution in [-0.2, 0) is 6.54 Å². The van der Waals surface area contributed by atoms with Crippen LogP contribution in [-0.4, -0.2) is 14.7 Å². The minimum atomic E-state index is -0.00123. The van der Waals surface area contributed by atoms with Crippen molar-refractivity contribution in [2.24, 2.45) is 0 Å². The van der Waals surface area contributed by atoms with Gasteiger partial charge in [0.25, 0.3) is 5.56 Å². The fourth-order valence-electron chi connectivity index (χ4n) is 2.10. The van der Waals surface area contributed by atoms with Crippen LogP contribution in [0.25, 0.3) is 10.1 Å². The van der Waals surface area contributed by atoms with Crippen LogP contribution < -0.4 is 5.56 Å². The average molecular weight is 273 g/mol. The largest absolute Gasteiger partial charge is 0.337 e. The average Bonchev–Trinajstić information content (AvgIpc) is 2.98. The van der Waals surface area contributed by atoms with Gasteiger partial charge in [0.2, 0.25) is 5.89 Å². The molecule has 4 rings (SSSR count). The minimum Gasteiger partial charge on any atom is -0.337 e. The van der Waals surface area contributed by atoms with E-state index < -0.39 is 0 Å². The SMILES string of the molecule is O=c1c2sccc2ccn1Cc1nc(C2CC2)no1. The van der Waals surface area contributed by atoms with Crippen LogP contribution >= 0.6 is 11.3 Å². The van der Waals surface area contributed by atoms with Crippen LogP contribution in [0.1, 0.15) is 30.5 Å². The third-order valence-corrected chi connectivity index (χ3v) is 4.23. The molecular weight excluding hydrogens is 262 g/mol. The summed E-state index contributed by atoms with van der Waals surface area (Å²) in [4.78, 5) is 16.6. The molecular formula is C13H11N3O2S. The Hall–Kier alpha value is -1.95. The maximum atomic E-state index is 12.2. The molecule has 0 amide bonds. The molecule has 96 valence electrons. The van der Waals surface area contributed by atoms with Crippen molar-refractivity contribution < 1.29 is 4.52 Å². The molecule has 1 saturated carbocycles. The van der Waals surface area contributed by atoms with Gasteiger partial charge in [-0.3, -0.25) is 4.79 Å². The van der Waals surface area contributed by atoms with E-state index in [4.69, 9.17) is 4.52 Å². The Morgan fingerprint density at radius 3 is 3.16 bits per heavy atom. The Bertz CT molecular complexity index is 797. The molecule has 0 aliphatic heterocycles. The van der Waals surface area contributed by atoms with Crippen LogP contribution in [0.2, 0.25) is 0 Å². The highest BCUT2D eigenvalue weighted by Gasteiger charge is 2.28. The number of rotatable bonds is 3. The van der Waals surface area contributed by atoms with E-state index in [1.165, 1.54) is 11.3 Å². The van der Waals surface area contributed by atoms with E-state index in [0.717, 1.165) is 28.8 Å². The summed E-state index contributed by atoms with van der Waals surface area (Å²) in [6, 6.07) is 3.88. The summed E-state index contributed by atoms with van der Waals surface area (Å²) in [5.74, 6) is 1.74. The monoisotopic (exact) mass is 273 g/mol. The molecule has 19 heavy (non-hydrogen) atoms. The van der Waals surface area contributed by atoms with Gasteiger partial charge < -0.3 is 9.09 Å². The van der Waals surface area contributed by atoms with Crippen LogP contribution in [0.15, 0.2) is 33.0 Å². The topological polar surface area (TPSA) is 60.9 Å². The second kappa shape index (κ2) is 4.03. The summed E-state index contributed by atoms with van der Waals surface area (Å²) in [5.41, 5.74) is -0.00123. The van der Waals surface area contributed by atoms with Gasteiger partial charge in [-0.05, 0) is 35.7 Å². The van der Waals surface area contributed by atoms with Crippen molar-refractivity contribution >= 4 is 21.4 Å². The predicted molar refractivity (Wildman–Crippen MR) is 71.5 cm³/mol. The summed E-state index contributed by atoms with van der Waals surface area (Å²) in [7, 11) is 0. The molecule has 0 radical (unpaired) electrons. The Kier molecular flexibility index (Phi) is 2.32. The zero-order valence-corrected chi connectivity index (χ0v) is 10.9. The Morgan fingerprint density at radius 1 is 1.42 bits per heavy atom. The van der Waals surface area contributed by atoms with Gasteiger partial charge in [-0.15, -0.1) is 11.3 Å². The maximum Gasteiger partial charge on any atom is 0.268 e. The lowest BCUT2D eigenvalue weighted by Crippen LogP contribution is -2.19. The lowest BCUT2D eigenvalue weighted by molar-refractivity contribution is 0.365. The van der Waals surface area contributed by atoms with Gasteiger partial charge in [0.05, 0.1) is 4.70 Å². The number of pyridine rings is 1. The highest BCUT2D eigenvalue weighted by Crippen LogP contribution is 2.38. The second-order valence-electron chi connectivity index (χ2n) is 4.77. The molecule has 0 spiro atoms. The Morgan fingerprint density at radius 2 is 2.32 bits per heavy atom. The van der Waals surface area contributed by atoms with E-state index >= 15 is 0 Å². The van der Waals surface area contributed by atoms with Crippen molar-refractivity contribution in [1.29, 1.82) is 0 Å². The van der Waals surface area contributed by atoms with Gasteiger partial charge >= 0.3 is 0 Å². The molecule has 1 aliphatic carbocycles. The zero-order chi connectivity index (χ0) is 12.8. The van der Waals surface area contributed by atoms with Gasteiger partial charge in [0.15, 0.2) is 5.82 Å². The molecule has 1 aliphatic rings. The summed E-state index contributed by atoms with van der Waals surface area (Å²) in [6.07, 6.45) is 4.05. The molecule has 3 heterocycles. The molecule has 3 aromatic rings. The highest BCUT2D eigenvalue weighted by molar-refractivity contribution is 7.17. The van der Waals surface area contributed by atoms with Crippen LogP contribution in [0.5, 0.6) is 0 Å². The van der Waals surface area contributed by atoms with Gasteiger partial charge in [-0.25, -0.2) is 0 Å². The van der Waals surface area contributed by atoms with Crippen molar-refractivity contribution in [3.05, 3.63) is 45.8 Å². The van der Waals surface area contributed by atoms with E-state index in [2.05, 4.69) is 10.1 Å². The third kappa shape index (κ3) is 1.88. The lowest BCUT2D eigenvalue weighted by Gasteiger charge is -2.01. The number of aromatic nitrogens is 3. The van der Waals surface area contributed by atoms with E-state index in [9.17, 15) is 4.79 Å². The molecule has 0 unspecified atom stereocenters. The smallest absolute Gasteiger partial charge is 0.268 e. The maximum absolute atomic E-state index is 12.2. The van der Waals surface area contributed by atoms with Crippen molar-refractivity contribution in [3.63, 3.8) is 0 Å². The fraction of sp³-hybridized carbons (Fsp3) is 0.308. The number of thiophene rings is 1. The van der Waals surface area contributed by atoms with Crippen molar-refractivity contribution in [2.75, 3.05) is 0 Å². The molecule has 0 atom stereocenters. The number of hydrogen-bond donors (Lipinski definition) is 0. The molecule has 0 bridgehead atoms. The van der Waals surface area contributed by atoms with Gasteiger partial charge in [-0.2, -0.15) is 4.98 Å². The van der Waals surface area contributed by atoms with Crippen LogP contribution in [0, 0.1) is 0 Å². The standard InChI is InChI=1S/C13H11N3O2S/c17-13-11-8(4-6-19-11)3-5-16(13)7-10-14-12(15-18-10)9-1-2-9/h3-6,9H,1-2,7H2. The van der Waals surface area contributed by atoms with Crippen LogP contribution in [0.4, 0.5) is 0 Å². The summed E-state index contributed by atoms with van der Waals surface area (Å²) in [6.45, 7) is 0.340. The van der Waals surface area contributed by atoms with Gasteiger partial charge in [0.1, 0.15) is 6.54 Å². The van der Waals surface area contributed by atoms with Gasteiger partial charge in [0, 0.05) is 12.1 Å². The number of fused-ring (bicyclic) bond motifs is 1. The van der Waals surface area contributed by atoms with E-state index in [1.54, 1.807) is 10.8 Å². The van der Waals surface area contributed by atoms with Crippen molar-refractivity contribution in [1.82, 2.24) is 14.7 Å². The molecule has 3 aromatic heterocycles. The Labute approximate surface area is 112 Å². The molecule has 1 fully saturated rings. The van der Waals surface area contributed by atoms with E-state index in [1.807, 2.05) is 17.5 Å². The quantitative estimate of drug-likeness (QED) is 0.735. The predicted octanol–water partition coefficient (Wildman–Crippen LogP) is 2.37. The van der Waals surface area contributed by atoms with E-state index in [0.29, 0.717) is 18.4 Å². The summed E-state index contributed by atoms with van der Waals surface area (Å²) >= 11 is 1.46. The van der Waals surface area contributed by atoms with Crippen molar-refractivity contribution in [3.8, 4) is 0 Å². The lowest BCUT2D eigenvalue weighted by atomic mass is 10.3. The Balaban J connectivity index is 1.69. The van der Waals surface area contributed by atoms with Crippen LogP contribution in [0.3, 0.4) is 0 Å². The first-order chi connectivity index (χ1) is 9.31. The van der Waals surface area contributed by atoms with Gasteiger partial charge in [-0.1, -0.05) is 5.16 Å². The third-order valence-electron chi connectivity index (χ3n) is 3.32. The summed E-state index contributed by atoms with van der Waals surface area (Å²) in [5, 5.41) is 6.86. The zero-order valence-electron chi connectivity index (χ0n) is 10.1. The minimum absolute atomic E-state index is 0.00123. The molecule has 0 saturated heterocycles. The van der Waals surface area contributed by atoms with Crippen molar-refractivity contribution in [2.45, 2.75) is 25.3 Å². The molecule has 0 aromatic carbocycles.